The van der Waals surface area contributed by atoms with E-state index in [1.807, 2.05) is 13.0 Å². The first-order valence-corrected chi connectivity index (χ1v) is 4.40. The molecule has 0 aromatic heterocycles. The van der Waals surface area contributed by atoms with E-state index in [2.05, 4.69) is 4.74 Å². The molecule has 0 radical (unpaired) electrons. The molecular weight excluding hydrogens is 180 g/mol. The second-order valence-corrected chi connectivity index (χ2v) is 2.87. The van der Waals surface area contributed by atoms with Gasteiger partial charge in [-0.15, -0.1) is 0 Å². The zero-order valence-corrected chi connectivity index (χ0v) is 8.24. The molecule has 0 N–H and O–H groups in total. The molecule has 3 heteroatoms. The Morgan fingerprint density at radius 1 is 1.36 bits per heavy atom. The fourth-order valence-electron chi connectivity index (χ4n) is 1.14. The molecular formula is C11H12O3. The van der Waals surface area contributed by atoms with Crippen LogP contribution in [0.25, 0.3) is 0 Å². The van der Waals surface area contributed by atoms with Crippen LogP contribution in [-0.2, 0) is 16.0 Å². The maximum absolute atomic E-state index is 11.4. The summed E-state index contributed by atoms with van der Waals surface area (Å²) in [5.41, 5.74) is 1.41. The highest BCUT2D eigenvalue weighted by atomic mass is 16.5. The van der Waals surface area contributed by atoms with Gasteiger partial charge in [0.25, 0.3) is 5.78 Å². The lowest BCUT2D eigenvalue weighted by atomic mass is 10.1. The first-order chi connectivity index (χ1) is 6.69. The van der Waals surface area contributed by atoms with Gasteiger partial charge in [0, 0.05) is 5.56 Å². The number of methoxy groups -OCH3 is 1. The number of hydrogen-bond donors (Lipinski definition) is 0. The standard InChI is InChI=1S/C11H12O3/c1-3-8-5-4-6-9(7-8)10(12)11(13)14-2/h4-7H,3H2,1-2H3. The van der Waals surface area contributed by atoms with Crippen LogP contribution in [0, 0.1) is 0 Å². The number of hydrogen-bond acceptors (Lipinski definition) is 3. The van der Waals surface area contributed by atoms with E-state index in [1.54, 1.807) is 18.2 Å². The van der Waals surface area contributed by atoms with E-state index in [0.29, 0.717) is 5.56 Å². The first-order valence-electron chi connectivity index (χ1n) is 4.40. The Balaban J connectivity index is 2.95. The summed E-state index contributed by atoms with van der Waals surface area (Å²) in [6.07, 6.45) is 0.836. The Bertz CT molecular complexity index is 355. The minimum absolute atomic E-state index is 0.385. The zero-order chi connectivity index (χ0) is 10.6. The monoisotopic (exact) mass is 192 g/mol. The van der Waals surface area contributed by atoms with Gasteiger partial charge in [-0.1, -0.05) is 25.1 Å². The quantitative estimate of drug-likeness (QED) is 0.415. The molecule has 1 aromatic carbocycles. The molecule has 0 saturated heterocycles. The van der Waals surface area contributed by atoms with Gasteiger partial charge < -0.3 is 4.74 Å². The third-order valence-corrected chi connectivity index (χ3v) is 1.97. The van der Waals surface area contributed by atoms with E-state index < -0.39 is 11.8 Å². The minimum Gasteiger partial charge on any atom is -0.463 e. The van der Waals surface area contributed by atoms with Crippen molar-refractivity contribution in [2.75, 3.05) is 7.11 Å². The average molecular weight is 192 g/mol. The van der Waals surface area contributed by atoms with E-state index in [-0.39, 0.29) is 0 Å². The van der Waals surface area contributed by atoms with Gasteiger partial charge in [-0.05, 0) is 18.1 Å². The Hall–Kier alpha value is -1.64. The van der Waals surface area contributed by atoms with Crippen LogP contribution in [0.4, 0.5) is 0 Å². The molecule has 1 rings (SSSR count). The number of rotatable bonds is 3. The molecule has 0 aliphatic rings. The number of benzene rings is 1. The third-order valence-electron chi connectivity index (χ3n) is 1.97. The maximum Gasteiger partial charge on any atom is 0.379 e. The topological polar surface area (TPSA) is 43.4 Å². The summed E-state index contributed by atoms with van der Waals surface area (Å²) in [7, 11) is 1.20. The molecule has 14 heavy (non-hydrogen) atoms. The van der Waals surface area contributed by atoms with E-state index in [0.717, 1.165) is 12.0 Å². The molecule has 0 saturated carbocycles. The van der Waals surface area contributed by atoms with Gasteiger partial charge in [-0.25, -0.2) is 4.79 Å². The highest BCUT2D eigenvalue weighted by Crippen LogP contribution is 2.07. The SMILES string of the molecule is CCc1cccc(C(=O)C(=O)OC)c1. The summed E-state index contributed by atoms with van der Waals surface area (Å²) in [6, 6.07) is 6.99. The molecule has 0 atom stereocenters. The number of ether oxygens (including phenoxy) is 1. The summed E-state index contributed by atoms with van der Waals surface area (Å²) >= 11 is 0. The van der Waals surface area contributed by atoms with Gasteiger partial charge in [0.15, 0.2) is 0 Å². The molecule has 0 fully saturated rings. The van der Waals surface area contributed by atoms with Crippen molar-refractivity contribution in [3.05, 3.63) is 35.4 Å². The van der Waals surface area contributed by atoms with Crippen molar-refractivity contribution < 1.29 is 14.3 Å². The molecule has 1 aromatic rings. The van der Waals surface area contributed by atoms with Gasteiger partial charge >= 0.3 is 5.97 Å². The lowest BCUT2D eigenvalue weighted by Crippen LogP contribution is -2.15. The smallest absolute Gasteiger partial charge is 0.379 e. The number of esters is 1. The van der Waals surface area contributed by atoms with Gasteiger partial charge in [-0.2, -0.15) is 0 Å². The van der Waals surface area contributed by atoms with E-state index in [9.17, 15) is 9.59 Å². The number of carbonyl (C=O) groups excluding carboxylic acids is 2. The molecule has 0 unspecified atom stereocenters. The van der Waals surface area contributed by atoms with Crippen LogP contribution < -0.4 is 0 Å². The van der Waals surface area contributed by atoms with Crippen molar-refractivity contribution in [3.8, 4) is 0 Å². The van der Waals surface area contributed by atoms with Crippen molar-refractivity contribution in [1.82, 2.24) is 0 Å². The lowest BCUT2D eigenvalue weighted by Gasteiger charge is -2.01. The molecule has 0 bridgehead atoms. The van der Waals surface area contributed by atoms with Gasteiger partial charge in [0.1, 0.15) is 0 Å². The van der Waals surface area contributed by atoms with Crippen LogP contribution in [0.5, 0.6) is 0 Å². The van der Waals surface area contributed by atoms with Gasteiger partial charge in [0.05, 0.1) is 7.11 Å². The summed E-state index contributed by atoms with van der Waals surface area (Å²) in [6.45, 7) is 1.99. The highest BCUT2D eigenvalue weighted by molar-refractivity contribution is 6.40. The Morgan fingerprint density at radius 2 is 2.07 bits per heavy atom. The predicted molar refractivity (Wildman–Crippen MR) is 52.2 cm³/mol. The molecule has 0 amide bonds. The number of aryl methyl sites for hydroxylation is 1. The van der Waals surface area contributed by atoms with Crippen molar-refractivity contribution in [3.63, 3.8) is 0 Å². The van der Waals surface area contributed by atoms with Crippen LogP contribution in [0.1, 0.15) is 22.8 Å². The zero-order valence-electron chi connectivity index (χ0n) is 8.24. The van der Waals surface area contributed by atoms with Crippen LogP contribution in [0.3, 0.4) is 0 Å². The van der Waals surface area contributed by atoms with Gasteiger partial charge in [0.2, 0.25) is 0 Å². The Labute approximate surface area is 82.7 Å². The summed E-state index contributed by atoms with van der Waals surface area (Å²) in [5, 5.41) is 0. The van der Waals surface area contributed by atoms with E-state index in [4.69, 9.17) is 0 Å². The summed E-state index contributed by atoms with van der Waals surface area (Å²) < 4.78 is 4.35. The molecule has 0 heterocycles. The van der Waals surface area contributed by atoms with Crippen molar-refractivity contribution in [2.45, 2.75) is 13.3 Å². The van der Waals surface area contributed by atoms with Crippen LogP contribution >= 0.6 is 0 Å². The van der Waals surface area contributed by atoms with Crippen molar-refractivity contribution >= 4 is 11.8 Å². The van der Waals surface area contributed by atoms with Crippen molar-refractivity contribution in [2.24, 2.45) is 0 Å². The van der Waals surface area contributed by atoms with Crippen molar-refractivity contribution in [1.29, 1.82) is 0 Å². The van der Waals surface area contributed by atoms with E-state index >= 15 is 0 Å². The van der Waals surface area contributed by atoms with Crippen LogP contribution in [0.2, 0.25) is 0 Å². The fraction of sp³-hybridized carbons (Fsp3) is 0.273. The van der Waals surface area contributed by atoms with Gasteiger partial charge in [-0.3, -0.25) is 4.79 Å². The Kier molecular flexibility index (Phi) is 3.40. The largest absolute Gasteiger partial charge is 0.463 e. The second kappa shape index (κ2) is 4.56. The maximum atomic E-state index is 11.4. The molecule has 3 nitrogen and oxygen atoms in total. The van der Waals surface area contributed by atoms with E-state index in [1.165, 1.54) is 7.11 Å². The molecule has 0 aliphatic heterocycles. The minimum atomic E-state index is -0.821. The third kappa shape index (κ3) is 2.19. The lowest BCUT2D eigenvalue weighted by molar-refractivity contribution is -0.135. The first kappa shape index (κ1) is 10.4. The van der Waals surface area contributed by atoms with Crippen LogP contribution in [0.15, 0.2) is 24.3 Å². The highest BCUT2D eigenvalue weighted by Gasteiger charge is 2.16. The Morgan fingerprint density at radius 3 is 2.64 bits per heavy atom. The fourth-order valence-corrected chi connectivity index (χ4v) is 1.14. The summed E-state index contributed by atoms with van der Waals surface area (Å²) in [5.74, 6) is -1.42. The summed E-state index contributed by atoms with van der Waals surface area (Å²) in [4.78, 5) is 22.3. The number of carbonyl (C=O) groups is 2. The van der Waals surface area contributed by atoms with Crippen LogP contribution in [-0.4, -0.2) is 18.9 Å². The predicted octanol–water partition coefficient (Wildman–Crippen LogP) is 1.60. The molecule has 0 spiro atoms. The number of ketones is 1. The average Bonchev–Trinajstić information content (AvgIpc) is 2.27. The number of Topliss-reactive ketones (excluding diaryl/α,β-unsaturated/α-hetero) is 1. The molecule has 74 valence electrons. The molecule has 0 aliphatic carbocycles. The second-order valence-electron chi connectivity index (χ2n) is 2.87. The normalized spacial score (nSPS) is 9.57.